The van der Waals surface area contributed by atoms with Crippen molar-refractivity contribution in [1.82, 2.24) is 4.90 Å². The van der Waals surface area contributed by atoms with Gasteiger partial charge in [-0.05, 0) is 45.6 Å². The van der Waals surface area contributed by atoms with Crippen LogP contribution in [0.2, 0.25) is 0 Å². The highest BCUT2D eigenvalue weighted by Crippen LogP contribution is 2.35. The predicted octanol–water partition coefficient (Wildman–Crippen LogP) is 3.94. The molecule has 2 rings (SSSR count). The van der Waals surface area contributed by atoms with Crippen LogP contribution in [0, 0.1) is 0 Å². The molecule has 0 saturated carbocycles. The fraction of sp³-hybridized carbons (Fsp3) is 0.474. The van der Waals surface area contributed by atoms with Crippen LogP contribution in [0.25, 0.3) is 6.08 Å². The number of amides is 1. The molecule has 24 heavy (non-hydrogen) atoms. The van der Waals surface area contributed by atoms with Gasteiger partial charge in [0.25, 0.3) is 0 Å². The summed E-state index contributed by atoms with van der Waals surface area (Å²) in [4.78, 5) is 25.8. The normalized spacial score (nSPS) is 21.2. The minimum atomic E-state index is -1.23. The smallest absolute Gasteiger partial charge is 0.411 e. The first-order valence-corrected chi connectivity index (χ1v) is 8.20. The molecule has 1 aromatic carbocycles. The highest BCUT2D eigenvalue weighted by molar-refractivity contribution is 5.85. The van der Waals surface area contributed by atoms with E-state index in [4.69, 9.17) is 4.74 Å². The van der Waals surface area contributed by atoms with Crippen LogP contribution < -0.4 is 0 Å². The molecule has 0 bridgehead atoms. The summed E-state index contributed by atoms with van der Waals surface area (Å²) in [7, 11) is 0. The molecule has 0 spiro atoms. The average molecular weight is 331 g/mol. The number of hydrogen-bond donors (Lipinski definition) is 1. The zero-order valence-electron chi connectivity index (χ0n) is 14.5. The van der Waals surface area contributed by atoms with Crippen LogP contribution in [0.5, 0.6) is 0 Å². The fourth-order valence-corrected chi connectivity index (χ4v) is 2.94. The number of carbonyl (C=O) groups is 2. The maximum absolute atomic E-state index is 12.4. The lowest BCUT2D eigenvalue weighted by Gasteiger charge is -2.35. The summed E-state index contributed by atoms with van der Waals surface area (Å²) in [6.45, 7) is 5.73. The van der Waals surface area contributed by atoms with Crippen molar-refractivity contribution in [1.29, 1.82) is 0 Å². The van der Waals surface area contributed by atoms with Gasteiger partial charge in [-0.15, -0.1) is 0 Å². The Labute approximate surface area is 142 Å². The van der Waals surface area contributed by atoms with E-state index < -0.39 is 23.2 Å². The Bertz CT molecular complexity index is 618. The van der Waals surface area contributed by atoms with Gasteiger partial charge in [0.15, 0.2) is 0 Å². The van der Waals surface area contributed by atoms with E-state index in [1.54, 1.807) is 20.8 Å². The summed E-state index contributed by atoms with van der Waals surface area (Å²) in [5, 5.41) is 9.80. The summed E-state index contributed by atoms with van der Waals surface area (Å²) in [5.41, 5.74) is -0.878. The molecule has 1 aliphatic heterocycles. The molecular weight excluding hydrogens is 306 g/mol. The van der Waals surface area contributed by atoms with Crippen molar-refractivity contribution in [3.8, 4) is 0 Å². The number of likely N-dealkylation sites (tertiary alicyclic amines) is 1. The third-order valence-corrected chi connectivity index (χ3v) is 4.07. The van der Waals surface area contributed by atoms with Gasteiger partial charge in [-0.25, -0.2) is 9.59 Å². The molecule has 1 fully saturated rings. The number of aliphatic carboxylic acids is 1. The summed E-state index contributed by atoms with van der Waals surface area (Å²) in [5.74, 6) is -0.983. The van der Waals surface area contributed by atoms with E-state index in [-0.39, 0.29) is 6.42 Å². The van der Waals surface area contributed by atoms with Gasteiger partial charge in [-0.3, -0.25) is 4.90 Å². The molecule has 0 aromatic heterocycles. The summed E-state index contributed by atoms with van der Waals surface area (Å²) >= 11 is 0. The van der Waals surface area contributed by atoms with Crippen molar-refractivity contribution in [3.63, 3.8) is 0 Å². The first kappa shape index (κ1) is 18.0. The standard InChI is InChI=1S/C19H25NO4/c1-18(2,3)24-17(23)20-14-8-13-19(20,16(21)22)12-7-11-15-9-5-4-6-10-15/h4-7,9-11H,8,12-14H2,1-3H3,(H,21,22)/b11-7+/t19-/m0/s1. The van der Waals surface area contributed by atoms with Gasteiger partial charge < -0.3 is 9.84 Å². The van der Waals surface area contributed by atoms with E-state index in [0.29, 0.717) is 19.4 Å². The van der Waals surface area contributed by atoms with Crippen LogP contribution in [0.1, 0.15) is 45.6 Å². The molecule has 5 heteroatoms. The number of carboxylic acids is 1. The third-order valence-electron chi connectivity index (χ3n) is 4.07. The van der Waals surface area contributed by atoms with E-state index in [9.17, 15) is 14.7 Å². The molecule has 1 aromatic rings. The Morgan fingerprint density at radius 3 is 2.54 bits per heavy atom. The number of benzene rings is 1. The van der Waals surface area contributed by atoms with Crippen LogP contribution in [0.4, 0.5) is 4.79 Å². The molecule has 0 unspecified atom stereocenters. The lowest BCUT2D eigenvalue weighted by molar-refractivity contribution is -0.149. The molecule has 1 saturated heterocycles. The topological polar surface area (TPSA) is 66.8 Å². The molecule has 1 atom stereocenters. The highest BCUT2D eigenvalue weighted by Gasteiger charge is 2.50. The number of nitrogens with zero attached hydrogens (tertiary/aromatic N) is 1. The Balaban J connectivity index is 2.18. The lowest BCUT2D eigenvalue weighted by Crippen LogP contribution is -2.54. The molecule has 1 N–H and O–H groups in total. The van der Waals surface area contributed by atoms with Crippen LogP contribution in [0.3, 0.4) is 0 Å². The van der Waals surface area contributed by atoms with E-state index in [0.717, 1.165) is 5.56 Å². The maximum Gasteiger partial charge on any atom is 0.411 e. The van der Waals surface area contributed by atoms with Crippen molar-refractivity contribution >= 4 is 18.1 Å². The van der Waals surface area contributed by atoms with E-state index in [1.807, 2.05) is 42.5 Å². The second-order valence-corrected chi connectivity index (χ2v) is 7.09. The quantitative estimate of drug-likeness (QED) is 0.907. The summed E-state index contributed by atoms with van der Waals surface area (Å²) in [6, 6.07) is 9.68. The van der Waals surface area contributed by atoms with E-state index >= 15 is 0 Å². The maximum atomic E-state index is 12.4. The first-order chi connectivity index (χ1) is 11.2. The van der Waals surface area contributed by atoms with Gasteiger partial charge in [0.1, 0.15) is 11.1 Å². The van der Waals surface area contributed by atoms with Crippen molar-refractivity contribution in [3.05, 3.63) is 42.0 Å². The Morgan fingerprint density at radius 1 is 1.29 bits per heavy atom. The molecule has 1 amide bonds. The zero-order valence-corrected chi connectivity index (χ0v) is 14.5. The van der Waals surface area contributed by atoms with Crippen molar-refractivity contribution in [2.45, 2.75) is 51.2 Å². The second kappa shape index (κ2) is 7.07. The van der Waals surface area contributed by atoms with Crippen molar-refractivity contribution in [2.75, 3.05) is 6.54 Å². The van der Waals surface area contributed by atoms with Gasteiger partial charge in [-0.1, -0.05) is 42.5 Å². The van der Waals surface area contributed by atoms with E-state index in [2.05, 4.69) is 0 Å². The van der Waals surface area contributed by atoms with Crippen LogP contribution >= 0.6 is 0 Å². The monoisotopic (exact) mass is 331 g/mol. The lowest BCUT2D eigenvalue weighted by atomic mass is 9.91. The molecule has 130 valence electrons. The zero-order chi connectivity index (χ0) is 17.8. The number of hydrogen-bond acceptors (Lipinski definition) is 3. The molecule has 0 aliphatic carbocycles. The molecule has 1 aliphatic rings. The molecular formula is C19H25NO4. The predicted molar refractivity (Wildman–Crippen MR) is 92.6 cm³/mol. The third kappa shape index (κ3) is 4.16. The van der Waals surface area contributed by atoms with Gasteiger partial charge >= 0.3 is 12.1 Å². The van der Waals surface area contributed by atoms with Crippen LogP contribution in [0.15, 0.2) is 36.4 Å². The Hall–Kier alpha value is -2.30. The van der Waals surface area contributed by atoms with E-state index in [1.165, 1.54) is 4.90 Å². The Morgan fingerprint density at radius 2 is 1.96 bits per heavy atom. The van der Waals surface area contributed by atoms with Crippen molar-refractivity contribution in [2.24, 2.45) is 0 Å². The minimum absolute atomic E-state index is 0.260. The second-order valence-electron chi connectivity index (χ2n) is 7.09. The number of rotatable bonds is 4. The largest absolute Gasteiger partial charge is 0.479 e. The highest BCUT2D eigenvalue weighted by atomic mass is 16.6. The fourth-order valence-electron chi connectivity index (χ4n) is 2.94. The van der Waals surface area contributed by atoms with Gasteiger partial charge in [-0.2, -0.15) is 0 Å². The summed E-state index contributed by atoms with van der Waals surface area (Å²) < 4.78 is 5.39. The van der Waals surface area contributed by atoms with Gasteiger partial charge in [0.2, 0.25) is 0 Å². The summed E-state index contributed by atoms with van der Waals surface area (Å²) in [6.07, 6.45) is 4.50. The first-order valence-electron chi connectivity index (χ1n) is 8.20. The number of carboxylic acid groups (broad SMARTS) is 1. The molecule has 5 nitrogen and oxygen atoms in total. The number of ether oxygens (including phenoxy) is 1. The molecule has 1 heterocycles. The van der Waals surface area contributed by atoms with Crippen molar-refractivity contribution < 1.29 is 19.4 Å². The van der Waals surface area contributed by atoms with Gasteiger partial charge in [0, 0.05) is 6.54 Å². The Kier molecular flexibility index (Phi) is 5.32. The minimum Gasteiger partial charge on any atom is -0.479 e. The molecule has 0 radical (unpaired) electrons. The average Bonchev–Trinajstić information content (AvgIpc) is 2.92. The van der Waals surface area contributed by atoms with Gasteiger partial charge in [0.05, 0.1) is 0 Å². The number of carbonyl (C=O) groups excluding carboxylic acids is 1. The SMILES string of the molecule is CC(C)(C)OC(=O)N1CCC[C@@]1(C/C=C/c1ccccc1)C(=O)O. The van der Waals surface area contributed by atoms with Crippen LogP contribution in [-0.4, -0.2) is 39.8 Å². The van der Waals surface area contributed by atoms with Crippen LogP contribution in [-0.2, 0) is 9.53 Å².